The maximum atomic E-state index is 12.5. The largest absolute Gasteiger partial charge is 0.356 e. The molecule has 1 amide bonds. The highest BCUT2D eigenvalue weighted by atomic mass is 16.1. The number of benzene rings is 1. The zero-order chi connectivity index (χ0) is 16.1. The number of nitrogens with one attached hydrogen (secondary N) is 1. The van der Waals surface area contributed by atoms with E-state index in [0.29, 0.717) is 12.1 Å². The molecule has 1 fully saturated rings. The van der Waals surface area contributed by atoms with Crippen molar-refractivity contribution in [2.45, 2.75) is 18.9 Å². The Labute approximate surface area is 136 Å². The Hall–Kier alpha value is -2.40. The van der Waals surface area contributed by atoms with Crippen LogP contribution in [-0.4, -0.2) is 30.5 Å². The summed E-state index contributed by atoms with van der Waals surface area (Å²) in [6.45, 7) is 2.32. The second-order valence-electron chi connectivity index (χ2n) is 5.80. The number of pyridine rings is 1. The number of rotatable bonds is 5. The van der Waals surface area contributed by atoms with E-state index in [1.165, 1.54) is 0 Å². The van der Waals surface area contributed by atoms with Gasteiger partial charge in [-0.05, 0) is 30.5 Å². The molecule has 1 aromatic carbocycles. The molecule has 2 heterocycles. The molecule has 23 heavy (non-hydrogen) atoms. The number of hydrogen-bond donors (Lipinski definition) is 2. The number of carbonyl (C=O) groups excluding carboxylic acids is 1. The number of nitrogens with zero attached hydrogens (tertiary/aromatic N) is 2. The van der Waals surface area contributed by atoms with Gasteiger partial charge in [0.1, 0.15) is 5.82 Å². The van der Waals surface area contributed by atoms with Gasteiger partial charge < -0.3 is 16.0 Å². The van der Waals surface area contributed by atoms with E-state index in [-0.39, 0.29) is 11.9 Å². The molecule has 2 aromatic rings. The second-order valence-corrected chi connectivity index (χ2v) is 5.80. The van der Waals surface area contributed by atoms with Crippen LogP contribution in [0.5, 0.6) is 0 Å². The summed E-state index contributed by atoms with van der Waals surface area (Å²) in [4.78, 5) is 19.1. The van der Waals surface area contributed by atoms with Gasteiger partial charge in [0.05, 0.1) is 5.56 Å². The number of anilines is 1. The second kappa shape index (κ2) is 7.24. The fourth-order valence-electron chi connectivity index (χ4n) is 2.87. The van der Waals surface area contributed by atoms with Gasteiger partial charge in [-0.2, -0.15) is 0 Å². The van der Waals surface area contributed by atoms with E-state index in [1.807, 2.05) is 36.4 Å². The molecule has 1 unspecified atom stereocenters. The van der Waals surface area contributed by atoms with E-state index < -0.39 is 0 Å². The number of carbonyl (C=O) groups is 1. The Morgan fingerprint density at radius 3 is 2.65 bits per heavy atom. The van der Waals surface area contributed by atoms with E-state index in [2.05, 4.69) is 15.2 Å². The molecule has 0 radical (unpaired) electrons. The van der Waals surface area contributed by atoms with Gasteiger partial charge in [-0.25, -0.2) is 4.98 Å². The summed E-state index contributed by atoms with van der Waals surface area (Å²) in [6, 6.07) is 13.2. The average molecular weight is 310 g/mol. The fourth-order valence-corrected chi connectivity index (χ4v) is 2.87. The quantitative estimate of drug-likeness (QED) is 0.887. The van der Waals surface area contributed by atoms with Gasteiger partial charge >= 0.3 is 0 Å². The molecule has 0 bridgehead atoms. The predicted octanol–water partition coefficient (Wildman–Crippen LogP) is 2.11. The summed E-state index contributed by atoms with van der Waals surface area (Å²) in [6.07, 6.45) is 4.03. The van der Waals surface area contributed by atoms with E-state index in [9.17, 15) is 4.79 Å². The number of amides is 1. The first-order valence-corrected chi connectivity index (χ1v) is 8.04. The summed E-state index contributed by atoms with van der Waals surface area (Å²) in [5, 5.41) is 2.93. The number of hydrogen-bond acceptors (Lipinski definition) is 4. The van der Waals surface area contributed by atoms with Crippen LogP contribution in [0.2, 0.25) is 0 Å². The minimum absolute atomic E-state index is 0.119. The van der Waals surface area contributed by atoms with Crippen LogP contribution in [0.1, 0.15) is 34.8 Å². The van der Waals surface area contributed by atoms with Crippen molar-refractivity contribution in [3.05, 3.63) is 59.8 Å². The zero-order valence-corrected chi connectivity index (χ0v) is 13.1. The third kappa shape index (κ3) is 3.68. The van der Waals surface area contributed by atoms with Gasteiger partial charge in [0.25, 0.3) is 5.91 Å². The van der Waals surface area contributed by atoms with Crippen LogP contribution < -0.4 is 16.0 Å². The summed E-state index contributed by atoms with van der Waals surface area (Å²) in [5.41, 5.74) is 7.77. The maximum Gasteiger partial charge on any atom is 0.255 e. The first kappa shape index (κ1) is 15.5. The van der Waals surface area contributed by atoms with E-state index >= 15 is 0 Å². The molecule has 3 N–H and O–H groups in total. The number of nitrogens with two attached hydrogens (primary N) is 1. The van der Waals surface area contributed by atoms with Crippen molar-refractivity contribution in [1.82, 2.24) is 10.3 Å². The molecule has 1 aliphatic rings. The third-order valence-electron chi connectivity index (χ3n) is 4.15. The first-order valence-electron chi connectivity index (χ1n) is 8.04. The van der Waals surface area contributed by atoms with Crippen LogP contribution in [0.15, 0.2) is 48.7 Å². The lowest BCUT2D eigenvalue weighted by molar-refractivity contribution is 0.0951. The topological polar surface area (TPSA) is 71.2 Å². The van der Waals surface area contributed by atoms with Crippen LogP contribution in [0.25, 0.3) is 0 Å². The van der Waals surface area contributed by atoms with Crippen LogP contribution in [0.4, 0.5) is 5.82 Å². The molecule has 0 spiro atoms. The summed E-state index contributed by atoms with van der Waals surface area (Å²) < 4.78 is 0. The summed E-state index contributed by atoms with van der Waals surface area (Å²) in [5.74, 6) is 0.655. The van der Waals surface area contributed by atoms with Gasteiger partial charge in [-0.3, -0.25) is 4.79 Å². The monoisotopic (exact) mass is 310 g/mol. The van der Waals surface area contributed by atoms with Gasteiger partial charge in [-0.15, -0.1) is 0 Å². The molecule has 3 rings (SSSR count). The number of aromatic nitrogens is 1. The molecular weight excluding hydrogens is 288 g/mol. The molecule has 5 heteroatoms. The molecular formula is C18H22N4O. The molecule has 0 saturated carbocycles. The SMILES string of the molecule is NC(CNC(=O)c1cccnc1N1CCCC1)c1ccccc1. The van der Waals surface area contributed by atoms with Gasteiger partial charge in [0, 0.05) is 31.9 Å². The molecule has 5 nitrogen and oxygen atoms in total. The highest BCUT2D eigenvalue weighted by molar-refractivity contribution is 5.98. The van der Waals surface area contributed by atoms with Crippen molar-refractivity contribution in [2.75, 3.05) is 24.5 Å². The lowest BCUT2D eigenvalue weighted by atomic mass is 10.1. The van der Waals surface area contributed by atoms with E-state index in [1.54, 1.807) is 12.3 Å². The Kier molecular flexibility index (Phi) is 4.88. The van der Waals surface area contributed by atoms with Gasteiger partial charge in [0.2, 0.25) is 0 Å². The Morgan fingerprint density at radius 1 is 1.17 bits per heavy atom. The molecule has 1 saturated heterocycles. The minimum atomic E-state index is -0.216. The molecule has 1 aromatic heterocycles. The predicted molar refractivity (Wildman–Crippen MR) is 91.4 cm³/mol. The maximum absolute atomic E-state index is 12.5. The highest BCUT2D eigenvalue weighted by Gasteiger charge is 2.20. The van der Waals surface area contributed by atoms with Crippen LogP contribution in [-0.2, 0) is 0 Å². The summed E-state index contributed by atoms with van der Waals surface area (Å²) in [7, 11) is 0. The molecule has 120 valence electrons. The van der Waals surface area contributed by atoms with E-state index in [0.717, 1.165) is 37.3 Å². The lowest BCUT2D eigenvalue weighted by Crippen LogP contribution is -2.33. The normalized spacial score (nSPS) is 15.4. The highest BCUT2D eigenvalue weighted by Crippen LogP contribution is 2.21. The zero-order valence-electron chi connectivity index (χ0n) is 13.1. The first-order chi connectivity index (χ1) is 11.3. The Bertz CT molecular complexity index is 653. The van der Waals surface area contributed by atoms with Crippen molar-refractivity contribution in [1.29, 1.82) is 0 Å². The Balaban J connectivity index is 1.67. The van der Waals surface area contributed by atoms with Crippen LogP contribution in [0.3, 0.4) is 0 Å². The van der Waals surface area contributed by atoms with Crippen LogP contribution in [0, 0.1) is 0 Å². The van der Waals surface area contributed by atoms with E-state index in [4.69, 9.17) is 5.73 Å². The van der Waals surface area contributed by atoms with Crippen molar-refractivity contribution in [3.8, 4) is 0 Å². The molecule has 0 aliphatic carbocycles. The van der Waals surface area contributed by atoms with Crippen molar-refractivity contribution in [2.24, 2.45) is 5.73 Å². The molecule has 1 aliphatic heterocycles. The lowest BCUT2D eigenvalue weighted by Gasteiger charge is -2.20. The van der Waals surface area contributed by atoms with Crippen molar-refractivity contribution < 1.29 is 4.79 Å². The standard InChI is InChI=1S/C18H22N4O/c19-16(14-7-2-1-3-8-14)13-21-18(23)15-9-6-10-20-17(15)22-11-4-5-12-22/h1-3,6-10,16H,4-5,11-13,19H2,(H,21,23). The van der Waals surface area contributed by atoms with Crippen LogP contribution >= 0.6 is 0 Å². The fraction of sp³-hybridized carbons (Fsp3) is 0.333. The van der Waals surface area contributed by atoms with Gasteiger partial charge in [-0.1, -0.05) is 30.3 Å². The smallest absolute Gasteiger partial charge is 0.255 e. The average Bonchev–Trinajstić information content (AvgIpc) is 3.14. The van der Waals surface area contributed by atoms with Gasteiger partial charge in [0.15, 0.2) is 0 Å². The van der Waals surface area contributed by atoms with Crippen molar-refractivity contribution in [3.63, 3.8) is 0 Å². The summed E-state index contributed by atoms with van der Waals surface area (Å²) >= 11 is 0. The minimum Gasteiger partial charge on any atom is -0.356 e. The third-order valence-corrected chi connectivity index (χ3v) is 4.15. The van der Waals surface area contributed by atoms with Crippen molar-refractivity contribution >= 4 is 11.7 Å². The Morgan fingerprint density at radius 2 is 1.91 bits per heavy atom. The molecule has 1 atom stereocenters.